The molecule has 7 heterocycles. The van der Waals surface area contributed by atoms with Crippen molar-refractivity contribution in [2.24, 2.45) is 5.73 Å². The monoisotopic (exact) mass is 1330 g/mol. The van der Waals surface area contributed by atoms with Gasteiger partial charge in [0, 0.05) is 20.5 Å². The molecule has 0 spiro atoms. The van der Waals surface area contributed by atoms with Gasteiger partial charge in [-0.2, -0.15) is 0 Å². The fourth-order valence-corrected chi connectivity index (χ4v) is 11.5. The number of carbonyl (C=O) groups excluding carboxylic acids is 2. The minimum absolute atomic E-state index is 0.0772. The van der Waals surface area contributed by atoms with Gasteiger partial charge in [-0.1, -0.05) is 0 Å². The van der Waals surface area contributed by atoms with Crippen molar-refractivity contribution in [2.75, 3.05) is 52.8 Å². The van der Waals surface area contributed by atoms with Crippen molar-refractivity contribution >= 4 is 17.8 Å². The Morgan fingerprint density at radius 2 is 0.670 bits per heavy atom. The molecule has 91 heavy (non-hydrogen) atoms. The van der Waals surface area contributed by atoms with Gasteiger partial charge in [0.2, 0.25) is 11.8 Å². The molecule has 0 radical (unpaired) electrons. The predicted octanol–water partition coefficient (Wildman–Crippen LogP) is -14.7. The van der Waals surface area contributed by atoms with Crippen LogP contribution in [0.1, 0.15) is 33.1 Å². The van der Waals surface area contributed by atoms with Gasteiger partial charge in [0.05, 0.1) is 39.6 Å². The van der Waals surface area contributed by atoms with Gasteiger partial charge in [0.15, 0.2) is 50.1 Å². The Morgan fingerprint density at radius 3 is 1.02 bits per heavy atom. The van der Waals surface area contributed by atoms with Crippen LogP contribution in [0.2, 0.25) is 0 Å². The number of carboxylic acid groups (broad SMARTS) is 1. The standard InChI is InChI=1S/C51H87N3O37/c1-14(61)53-22-27(66)37(19(11-58)82-46(22)89-41-25(64)17(9-56)81-51(35(41)74)87-39-21(13-60)84-47(33(72)31(39)70)78-7-5-3-4-6-52)85-49-34(73)40(24(63)16(8-55)79-49)88-45-23(54-15(2)62)28(67)38(20(12-59)83-45)86-50-36(75)42(26(65)18(10-57)80-50)90-48-32(71)29(68)30(69)43(91-48)44(76)77/h16-43,45-51,55-60,63-75H,3-13,52H2,1-2H3,(H,53,61)(H,54,62)(H,76,77)/t16-,17-,18-,19-,20-,21-,22-,23-,24+,25+,26+,27-,28-,29+,30+,31-,32-,33-,34-,35-,36-,37-,38-,39-,40+,41+,42+,43+,45+,46+,47-,48-,49+,50+,51+/m1/s1. The number of ether oxygens (including phenoxy) is 14. The van der Waals surface area contributed by atoms with Crippen LogP contribution in [0.4, 0.5) is 0 Å². The minimum Gasteiger partial charge on any atom is -0.479 e. The fraction of sp³-hybridized carbons (Fsp3) is 0.941. The first-order valence-electron chi connectivity index (χ1n) is 29.3. The van der Waals surface area contributed by atoms with Crippen molar-refractivity contribution in [2.45, 2.75) is 248 Å². The van der Waals surface area contributed by atoms with Gasteiger partial charge in [-0.05, 0) is 25.8 Å². The molecule has 0 aromatic heterocycles. The third-order valence-corrected chi connectivity index (χ3v) is 16.4. The molecule has 7 fully saturated rings. The molecule has 7 saturated heterocycles. The van der Waals surface area contributed by atoms with E-state index >= 15 is 0 Å². The molecule has 0 aliphatic carbocycles. The van der Waals surface area contributed by atoms with Gasteiger partial charge in [0.25, 0.3) is 0 Å². The summed E-state index contributed by atoms with van der Waals surface area (Å²) in [6, 6.07) is -3.72. The van der Waals surface area contributed by atoms with Gasteiger partial charge in [-0.25, -0.2) is 4.79 Å². The van der Waals surface area contributed by atoms with Crippen LogP contribution in [-0.4, -0.2) is 388 Å². The van der Waals surface area contributed by atoms with E-state index in [0.29, 0.717) is 25.8 Å². The van der Waals surface area contributed by atoms with Crippen molar-refractivity contribution in [3.05, 3.63) is 0 Å². The zero-order valence-electron chi connectivity index (χ0n) is 48.9. The Balaban J connectivity index is 1.06. The summed E-state index contributed by atoms with van der Waals surface area (Å²) >= 11 is 0. The minimum atomic E-state index is -2.30. The van der Waals surface area contributed by atoms with Crippen LogP contribution in [0, 0.1) is 0 Å². The second kappa shape index (κ2) is 33.8. The third-order valence-electron chi connectivity index (χ3n) is 16.4. The summed E-state index contributed by atoms with van der Waals surface area (Å²) in [4.78, 5) is 37.3. The molecular weight excluding hydrogens is 1250 g/mol. The van der Waals surface area contributed by atoms with Crippen LogP contribution in [0.3, 0.4) is 0 Å². The largest absolute Gasteiger partial charge is 0.479 e. The molecule has 7 rings (SSSR count). The van der Waals surface area contributed by atoms with Gasteiger partial charge in [0.1, 0.15) is 165 Å². The van der Waals surface area contributed by atoms with Gasteiger partial charge < -0.3 is 185 Å². The highest BCUT2D eigenvalue weighted by atomic mass is 16.8. The first-order valence-corrected chi connectivity index (χ1v) is 29.3. The molecule has 0 aromatic carbocycles. The summed E-state index contributed by atoms with van der Waals surface area (Å²) in [5.74, 6) is -3.61. The zero-order valence-corrected chi connectivity index (χ0v) is 48.9. The Kier molecular flexibility index (Phi) is 28.0. The molecule has 0 bridgehead atoms. The van der Waals surface area contributed by atoms with Crippen LogP contribution in [-0.2, 0) is 80.7 Å². The van der Waals surface area contributed by atoms with E-state index in [-0.39, 0.29) is 6.61 Å². The van der Waals surface area contributed by atoms with Gasteiger partial charge >= 0.3 is 5.97 Å². The fourth-order valence-electron chi connectivity index (χ4n) is 11.5. The maximum atomic E-state index is 12.8. The zero-order chi connectivity index (χ0) is 67.0. The summed E-state index contributed by atoms with van der Waals surface area (Å²) in [7, 11) is 0. The Labute approximate surface area is 516 Å². The van der Waals surface area contributed by atoms with Crippen LogP contribution in [0.5, 0.6) is 0 Å². The van der Waals surface area contributed by atoms with Gasteiger partial charge in [-0.15, -0.1) is 0 Å². The predicted molar refractivity (Wildman–Crippen MR) is 282 cm³/mol. The average molecular weight is 1330 g/mol. The number of amides is 2. The van der Waals surface area contributed by atoms with Crippen LogP contribution < -0.4 is 16.4 Å². The normalized spacial score (nSPS) is 47.3. The van der Waals surface area contributed by atoms with E-state index in [2.05, 4.69) is 10.6 Å². The molecular formula is C51H87N3O37. The summed E-state index contributed by atoms with van der Waals surface area (Å²) in [6.07, 6.45) is -63.7. The van der Waals surface area contributed by atoms with E-state index in [0.717, 1.165) is 13.8 Å². The third kappa shape index (κ3) is 17.1. The summed E-state index contributed by atoms with van der Waals surface area (Å²) < 4.78 is 80.3. The van der Waals surface area contributed by atoms with E-state index in [1.54, 1.807) is 0 Å². The molecule has 2 amide bonds. The second-order valence-corrected chi connectivity index (χ2v) is 22.8. The Hall–Kier alpha value is -2.95. The lowest BCUT2D eigenvalue weighted by molar-refractivity contribution is -0.389. The highest BCUT2D eigenvalue weighted by molar-refractivity contribution is 5.74. The van der Waals surface area contributed by atoms with E-state index in [1.807, 2.05) is 0 Å². The lowest BCUT2D eigenvalue weighted by Gasteiger charge is -2.51. The topological polar surface area (TPSA) is 635 Å². The molecule has 24 N–H and O–H groups in total. The molecule has 40 nitrogen and oxygen atoms in total. The van der Waals surface area contributed by atoms with E-state index < -0.39 is 272 Å². The number of aliphatic hydroxyl groups is 19. The second-order valence-electron chi connectivity index (χ2n) is 22.8. The van der Waals surface area contributed by atoms with Crippen molar-refractivity contribution < 1.29 is 183 Å². The number of nitrogens with one attached hydrogen (secondary N) is 2. The van der Waals surface area contributed by atoms with Crippen molar-refractivity contribution in [1.29, 1.82) is 0 Å². The number of unbranched alkanes of at least 4 members (excludes halogenated alkanes) is 2. The number of hydrogen-bond donors (Lipinski definition) is 23. The van der Waals surface area contributed by atoms with Crippen LogP contribution >= 0.6 is 0 Å². The molecule has 7 aliphatic heterocycles. The first-order chi connectivity index (χ1) is 43.2. The van der Waals surface area contributed by atoms with Gasteiger partial charge in [-0.3, -0.25) is 9.59 Å². The molecule has 0 saturated carbocycles. The van der Waals surface area contributed by atoms with E-state index in [1.165, 1.54) is 0 Å². The highest BCUT2D eigenvalue weighted by Crippen LogP contribution is 2.38. The maximum Gasteiger partial charge on any atom is 0.335 e. The Morgan fingerprint density at radius 1 is 0.352 bits per heavy atom. The highest BCUT2D eigenvalue weighted by Gasteiger charge is 2.59. The summed E-state index contributed by atoms with van der Waals surface area (Å²) in [6.45, 7) is -3.73. The van der Waals surface area contributed by atoms with Crippen molar-refractivity contribution in [3.8, 4) is 0 Å². The molecule has 0 unspecified atom stereocenters. The number of rotatable bonds is 27. The first kappa shape index (κ1) is 75.4. The molecule has 7 aliphatic rings. The lowest BCUT2D eigenvalue weighted by atomic mass is 9.93. The number of aliphatic hydroxyl groups excluding tert-OH is 19. The van der Waals surface area contributed by atoms with Crippen LogP contribution in [0.25, 0.3) is 0 Å². The molecule has 0 aromatic rings. The summed E-state index contributed by atoms with van der Waals surface area (Å²) in [5.41, 5.74) is 5.53. The number of aliphatic carboxylic acids is 1. The number of nitrogens with two attached hydrogens (primary N) is 1. The van der Waals surface area contributed by atoms with Crippen molar-refractivity contribution in [3.63, 3.8) is 0 Å². The van der Waals surface area contributed by atoms with E-state index in [9.17, 15) is 117 Å². The average Bonchev–Trinajstić information content (AvgIpc) is 0.841. The quantitative estimate of drug-likeness (QED) is 0.0340. The van der Waals surface area contributed by atoms with E-state index in [4.69, 9.17) is 72.0 Å². The molecule has 40 heteroatoms. The Bertz CT molecular complexity index is 2260. The van der Waals surface area contributed by atoms with Crippen LogP contribution in [0.15, 0.2) is 0 Å². The lowest BCUT2D eigenvalue weighted by Crippen LogP contribution is -2.71. The maximum absolute atomic E-state index is 12.8. The number of carbonyl (C=O) groups is 3. The number of hydrogen-bond acceptors (Lipinski definition) is 37. The molecule has 35 atom stereocenters. The van der Waals surface area contributed by atoms with Crippen molar-refractivity contribution in [1.82, 2.24) is 10.6 Å². The number of carboxylic acids is 1. The summed E-state index contributed by atoms with van der Waals surface area (Å²) in [5, 5.41) is 223. The SMILES string of the molecule is CC(=O)N[C@H]1[C@H](O[C@H]2[C@@H](O)[C@@H](CO)O[C@@H](O[C@H]3[C@H](O)[C@@H](O)[C@H](OCCCCCN)O[C@@H]3CO)[C@@H]2O)O[C@H](CO)[C@@H](O[C@@H]2O[C@H](CO)[C@H](O)[C@H](O[C@@H]3O[C@H](CO)[C@@H](O[C@@H]4O[C@H](CO)[C@H](O)[C@H](O[C@@H]5O[C@H](C(=O)O)[C@@H](O)[C@H](O)[C@H]5O)[C@H]4O)[C@H](O)[C@H]3NC(C)=O)[C@H]2O)[C@@H]1O. The smallest absolute Gasteiger partial charge is 0.335 e. The molecule has 528 valence electrons.